The maximum Gasteiger partial charge on any atom is 0.338 e. The van der Waals surface area contributed by atoms with Crippen LogP contribution in [0.4, 0.5) is 0 Å². The minimum Gasteiger partial charge on any atom is -0.478 e. The van der Waals surface area contributed by atoms with Crippen molar-refractivity contribution in [1.82, 2.24) is 40.1 Å². The van der Waals surface area contributed by atoms with Gasteiger partial charge in [-0.15, -0.1) is 0 Å². The third-order valence-corrected chi connectivity index (χ3v) is 8.02. The lowest BCUT2D eigenvalue weighted by Gasteiger charge is -2.31. The van der Waals surface area contributed by atoms with Crippen LogP contribution >= 0.6 is 11.6 Å². The quantitative estimate of drug-likeness (QED) is 0.123. The minimum atomic E-state index is -1.00. The third-order valence-electron chi connectivity index (χ3n) is 7.45. The van der Waals surface area contributed by atoms with Crippen LogP contribution in [0.15, 0.2) is 97.9 Å². The van der Waals surface area contributed by atoms with Gasteiger partial charge in [-0.25, -0.2) is 39.5 Å². The number of esters is 2. The molecule has 0 aromatic carbocycles. The smallest absolute Gasteiger partial charge is 0.338 e. The van der Waals surface area contributed by atoms with Gasteiger partial charge < -0.3 is 15.2 Å². The fourth-order valence-electron chi connectivity index (χ4n) is 3.84. The third kappa shape index (κ3) is 24.8. The molecule has 2 aliphatic rings. The summed E-state index contributed by atoms with van der Waals surface area (Å²) >= 11 is 5.11. The van der Waals surface area contributed by atoms with Crippen LogP contribution in [0.1, 0.15) is 86.7 Å². The molecule has 336 valence electrons. The Balaban J connectivity index is 0.000000412. The number of nitrogens with one attached hydrogen (secondary N) is 1. The predicted molar refractivity (Wildman–Crippen MR) is 237 cm³/mol. The summed E-state index contributed by atoms with van der Waals surface area (Å²) in [6.45, 7) is 19.6. The van der Waals surface area contributed by atoms with E-state index in [2.05, 4.69) is 53.8 Å². The predicted octanol–water partition coefficient (Wildman–Crippen LogP) is 6.12. The highest BCUT2D eigenvalue weighted by Crippen LogP contribution is 2.23. The first-order valence-corrected chi connectivity index (χ1v) is 19.6. The molecule has 0 fully saturated rings. The Labute approximate surface area is 372 Å². The Morgan fingerprint density at radius 3 is 1.46 bits per heavy atom. The summed E-state index contributed by atoms with van der Waals surface area (Å²) in [5, 5.41) is 10.7. The summed E-state index contributed by atoms with van der Waals surface area (Å²) < 4.78 is 4.62. The van der Waals surface area contributed by atoms with Crippen molar-refractivity contribution in [1.29, 1.82) is 0 Å². The van der Waals surface area contributed by atoms with Crippen LogP contribution < -0.4 is 5.32 Å². The second-order valence-electron chi connectivity index (χ2n) is 16.8. The van der Waals surface area contributed by atoms with Gasteiger partial charge in [0.05, 0.1) is 5.41 Å². The zero-order valence-corrected chi connectivity index (χ0v) is 37.9. The SMILES string of the molecule is CC(C)(C)C(=O)Cl.CC(C)(C)C(=O)OC(=O)/C=C/c1ncccn1.CC1(C)C=CC(=O)N(C(=O)/C=C/c2ncccn2)C1.CC1(C)C=CC(=O)NC1.O=C(O)/C=C/c1ncccn1. The van der Waals surface area contributed by atoms with Crippen LogP contribution in [0.5, 0.6) is 0 Å². The van der Waals surface area contributed by atoms with Crippen molar-refractivity contribution < 1.29 is 43.4 Å². The molecule has 0 unspecified atom stereocenters. The Kier molecular flexibility index (Phi) is 22.2. The lowest BCUT2D eigenvalue weighted by atomic mass is 9.89. The van der Waals surface area contributed by atoms with Crippen molar-refractivity contribution in [2.45, 2.75) is 69.2 Å². The molecule has 0 saturated carbocycles. The van der Waals surface area contributed by atoms with Gasteiger partial charge >= 0.3 is 17.9 Å². The number of aliphatic carboxylic acids is 1. The molecular formula is C45H55ClN8O9. The highest BCUT2D eigenvalue weighted by atomic mass is 35.5. The van der Waals surface area contributed by atoms with Gasteiger partial charge in [0.15, 0.2) is 17.5 Å². The fourth-order valence-corrected chi connectivity index (χ4v) is 3.84. The van der Waals surface area contributed by atoms with E-state index in [1.165, 1.54) is 35.3 Å². The second-order valence-corrected chi connectivity index (χ2v) is 17.1. The van der Waals surface area contributed by atoms with E-state index >= 15 is 0 Å². The zero-order valence-electron chi connectivity index (χ0n) is 37.1. The minimum absolute atomic E-state index is 0.0225. The first kappa shape index (κ1) is 54.1. The van der Waals surface area contributed by atoms with Crippen molar-refractivity contribution in [3.8, 4) is 0 Å². The number of ether oxygens (including phenoxy) is 1. The molecule has 0 bridgehead atoms. The molecule has 63 heavy (non-hydrogen) atoms. The number of hydrogen-bond acceptors (Lipinski definition) is 14. The van der Waals surface area contributed by atoms with Gasteiger partial charge in [-0.05, 0) is 74.9 Å². The number of aromatic nitrogens is 6. The van der Waals surface area contributed by atoms with Crippen molar-refractivity contribution >= 4 is 70.7 Å². The van der Waals surface area contributed by atoms with Crippen LogP contribution in [-0.4, -0.2) is 93.9 Å². The number of hydrogen-bond donors (Lipinski definition) is 2. The van der Waals surface area contributed by atoms with Crippen LogP contribution in [0.25, 0.3) is 18.2 Å². The fraction of sp³-hybridized carbons (Fsp3) is 0.356. The largest absolute Gasteiger partial charge is 0.478 e. The number of nitrogens with zero attached hydrogens (tertiary/aromatic N) is 7. The summed E-state index contributed by atoms with van der Waals surface area (Å²) in [5.74, 6) is -1.69. The highest BCUT2D eigenvalue weighted by molar-refractivity contribution is 6.64. The van der Waals surface area contributed by atoms with Crippen LogP contribution in [0.2, 0.25) is 0 Å². The molecule has 3 aromatic heterocycles. The molecule has 0 radical (unpaired) electrons. The lowest BCUT2D eigenvalue weighted by Crippen LogP contribution is -2.43. The van der Waals surface area contributed by atoms with E-state index in [-0.39, 0.29) is 39.2 Å². The number of carboxylic acids is 1. The Morgan fingerprint density at radius 2 is 1.10 bits per heavy atom. The molecule has 5 heterocycles. The first-order valence-electron chi connectivity index (χ1n) is 19.3. The number of halogens is 1. The summed E-state index contributed by atoms with van der Waals surface area (Å²) in [6.07, 6.45) is 23.8. The van der Waals surface area contributed by atoms with E-state index in [1.807, 2.05) is 26.0 Å². The zero-order chi connectivity index (χ0) is 47.9. The second kappa shape index (κ2) is 25.8. The first-order chi connectivity index (χ1) is 29.2. The van der Waals surface area contributed by atoms with Gasteiger partial charge in [0.25, 0.3) is 11.8 Å². The highest BCUT2D eigenvalue weighted by Gasteiger charge is 2.29. The van der Waals surface area contributed by atoms with Gasteiger partial charge in [0.1, 0.15) is 0 Å². The Morgan fingerprint density at radius 1 is 0.683 bits per heavy atom. The molecule has 2 aliphatic heterocycles. The number of carbonyl (C=O) groups excluding carboxylic acids is 6. The van der Waals surface area contributed by atoms with E-state index in [0.717, 1.165) is 18.7 Å². The van der Waals surface area contributed by atoms with Gasteiger partial charge in [-0.1, -0.05) is 60.6 Å². The number of imide groups is 1. The van der Waals surface area contributed by atoms with Crippen molar-refractivity contribution in [2.75, 3.05) is 13.1 Å². The molecule has 0 aliphatic carbocycles. The normalized spacial score (nSPS) is 14.9. The number of carboxylic acid groups (broad SMARTS) is 1. The van der Waals surface area contributed by atoms with Gasteiger partial charge in [0, 0.05) is 90.8 Å². The number of rotatable bonds is 6. The van der Waals surface area contributed by atoms with Crippen LogP contribution in [0, 0.1) is 21.7 Å². The standard InChI is InChI=1S/C14H15N3O2.C12H14N2O3.C7H6N2O2.C7H11NO.C5H9ClO/c1-14(2)7-6-13(19)17(10-14)12(18)5-4-11-15-8-3-9-16-11;1-12(2,3)11(16)17-10(15)6-5-9-13-7-4-8-14-9;10-7(11)3-2-6-8-4-1-5-9-6;1-7(2)4-3-6(9)8-5-7;1-5(2,3)4(6)7/h3-9H,10H2,1-2H3;4-8H,1-3H3;1-5H,(H,10,11);3-4H,5H2,1-2H3,(H,8,9);1-3H3/b5-4+;6-5+;3-2+;;. The van der Waals surface area contributed by atoms with Crippen LogP contribution in [-0.2, 0) is 38.3 Å². The van der Waals surface area contributed by atoms with E-state index in [1.54, 1.807) is 103 Å². The molecule has 3 aromatic rings. The Bertz CT molecular complexity index is 2160. The average molecular weight is 887 g/mol. The van der Waals surface area contributed by atoms with Crippen molar-refractivity contribution in [3.63, 3.8) is 0 Å². The van der Waals surface area contributed by atoms with Gasteiger partial charge in [0.2, 0.25) is 11.1 Å². The lowest BCUT2D eigenvalue weighted by molar-refractivity contribution is -0.162. The molecule has 2 N–H and O–H groups in total. The molecule has 0 spiro atoms. The van der Waals surface area contributed by atoms with Crippen LogP contribution in [0.3, 0.4) is 0 Å². The summed E-state index contributed by atoms with van der Waals surface area (Å²) in [5.41, 5.74) is -1.12. The summed E-state index contributed by atoms with van der Waals surface area (Å²) in [4.78, 5) is 102. The van der Waals surface area contributed by atoms with Gasteiger partial charge in [-0.2, -0.15) is 0 Å². The molecule has 5 rings (SSSR count). The van der Waals surface area contributed by atoms with Gasteiger partial charge in [-0.3, -0.25) is 28.9 Å². The maximum absolute atomic E-state index is 12.0. The van der Waals surface area contributed by atoms with Crippen molar-refractivity contribution in [2.24, 2.45) is 21.7 Å². The van der Waals surface area contributed by atoms with E-state index in [9.17, 15) is 33.6 Å². The molecule has 0 saturated heterocycles. The molecular weight excluding hydrogens is 832 g/mol. The molecule has 18 heteroatoms. The van der Waals surface area contributed by atoms with E-state index < -0.39 is 23.3 Å². The maximum atomic E-state index is 12.0. The average Bonchev–Trinajstić information content (AvgIpc) is 3.22. The van der Waals surface area contributed by atoms with Crippen molar-refractivity contribution in [3.05, 3.63) is 115 Å². The monoisotopic (exact) mass is 886 g/mol. The Hall–Kier alpha value is -6.88. The van der Waals surface area contributed by atoms with E-state index in [0.29, 0.717) is 24.0 Å². The summed E-state index contributed by atoms with van der Waals surface area (Å²) in [7, 11) is 0. The number of carbonyl (C=O) groups is 7. The topological polar surface area (TPSA) is 242 Å². The number of amides is 3. The molecule has 3 amide bonds. The molecule has 0 atom stereocenters. The molecule has 17 nitrogen and oxygen atoms in total. The van der Waals surface area contributed by atoms with E-state index in [4.69, 9.17) is 16.7 Å². The summed E-state index contributed by atoms with van der Waals surface area (Å²) in [6, 6.07) is 5.03.